The monoisotopic (exact) mass is 592 g/mol. The van der Waals surface area contributed by atoms with Crippen molar-refractivity contribution < 1.29 is 31.5 Å². The highest BCUT2D eigenvalue weighted by Gasteiger charge is 2.59. The van der Waals surface area contributed by atoms with Crippen LogP contribution in [0, 0.1) is 6.92 Å². The number of primary amides is 1. The molecule has 2 heterocycles. The molecule has 0 bridgehead atoms. The molecule has 0 saturated heterocycles. The van der Waals surface area contributed by atoms with Gasteiger partial charge in [0.05, 0.1) is 28.5 Å². The van der Waals surface area contributed by atoms with Gasteiger partial charge in [-0.15, -0.1) is 0 Å². The highest BCUT2D eigenvalue weighted by Crippen LogP contribution is 2.39. The zero-order valence-corrected chi connectivity index (χ0v) is 21.2. The van der Waals surface area contributed by atoms with Crippen LogP contribution < -0.4 is 22.6 Å². The highest BCUT2D eigenvalue weighted by molar-refractivity contribution is 6.32. The van der Waals surface area contributed by atoms with Gasteiger partial charge in [0.1, 0.15) is 11.4 Å². The van der Waals surface area contributed by atoms with Gasteiger partial charge in [0.2, 0.25) is 0 Å². The molecule has 2 aromatic heterocycles. The molecule has 17 heteroatoms. The van der Waals surface area contributed by atoms with E-state index < -0.39 is 36.2 Å². The summed E-state index contributed by atoms with van der Waals surface area (Å²) in [5.41, 5.74) is 8.54. The zero-order valence-electron chi connectivity index (χ0n) is 19.7. The van der Waals surface area contributed by atoms with Crippen LogP contribution in [0.3, 0.4) is 0 Å². The van der Waals surface area contributed by atoms with Crippen LogP contribution in [0.15, 0.2) is 48.4 Å². The average molecular weight is 593 g/mol. The van der Waals surface area contributed by atoms with E-state index in [0.717, 1.165) is 10.7 Å². The second-order valence-electron chi connectivity index (χ2n) is 8.03. The summed E-state index contributed by atoms with van der Waals surface area (Å²) in [5.74, 6) is -1.51. The van der Waals surface area contributed by atoms with Crippen LogP contribution in [0.2, 0.25) is 10.0 Å². The fourth-order valence-corrected chi connectivity index (χ4v) is 3.78. The van der Waals surface area contributed by atoms with E-state index in [-0.39, 0.29) is 44.7 Å². The Morgan fingerprint density at radius 3 is 2.41 bits per heavy atom. The smallest absolute Gasteiger partial charge is 0.396 e. The number of benzene rings is 1. The summed E-state index contributed by atoms with van der Waals surface area (Å²) in [5, 5.41) is 7.37. The first-order valence-electron chi connectivity index (χ1n) is 10.6. The van der Waals surface area contributed by atoms with Gasteiger partial charge < -0.3 is 21.8 Å². The molecule has 0 fully saturated rings. The van der Waals surface area contributed by atoms with Crippen LogP contribution in [0.25, 0.3) is 5.82 Å². The van der Waals surface area contributed by atoms with E-state index in [1.165, 1.54) is 30.5 Å². The molecular weight excluding hydrogens is 574 g/mol. The number of pyridine rings is 1. The number of alkyl halides is 5. The number of rotatable bonds is 8. The standard InChI is InChI=1S/C22H19Cl2F5N8O2/c1-10-5-11(23)6-13(18(31)38)17(10)34-20(39)15-7-12(35-37(15)19-14(24)3-2-4-33-19)8-36(32)9-16(30)21(25,26)22(27,28)29/h2-7,9H,8,30,32H2,1H3,(H2,31,38)(H,34,39)/b16-9-. The summed E-state index contributed by atoms with van der Waals surface area (Å²) < 4.78 is 65.7. The molecular formula is C22H19Cl2F5N8O2. The summed E-state index contributed by atoms with van der Waals surface area (Å²) in [6, 6.07) is 6.83. The van der Waals surface area contributed by atoms with Crippen molar-refractivity contribution in [1.82, 2.24) is 19.8 Å². The maximum atomic E-state index is 13.5. The highest BCUT2D eigenvalue weighted by atomic mass is 35.5. The first-order chi connectivity index (χ1) is 18.0. The lowest BCUT2D eigenvalue weighted by Gasteiger charge is -2.21. The second kappa shape index (κ2) is 11.0. The van der Waals surface area contributed by atoms with E-state index in [4.69, 9.17) is 40.5 Å². The van der Waals surface area contributed by atoms with Gasteiger partial charge in [-0.2, -0.15) is 27.1 Å². The Hall–Kier alpha value is -3.95. The summed E-state index contributed by atoms with van der Waals surface area (Å²) in [6.45, 7) is 0.991. The molecule has 0 unspecified atom stereocenters. The molecule has 1 aromatic carbocycles. The van der Waals surface area contributed by atoms with Crippen LogP contribution in [-0.2, 0) is 6.54 Å². The zero-order chi connectivity index (χ0) is 29.3. The van der Waals surface area contributed by atoms with Gasteiger partial charge in [0.15, 0.2) is 5.82 Å². The number of carbonyl (C=O) groups is 2. The molecule has 0 saturated carbocycles. The van der Waals surface area contributed by atoms with Gasteiger partial charge >= 0.3 is 12.1 Å². The minimum Gasteiger partial charge on any atom is -0.396 e. The summed E-state index contributed by atoms with van der Waals surface area (Å²) in [7, 11) is 0. The predicted molar refractivity (Wildman–Crippen MR) is 132 cm³/mol. The Labute approximate surface area is 227 Å². The lowest BCUT2D eigenvalue weighted by molar-refractivity contribution is -0.265. The first-order valence-corrected chi connectivity index (χ1v) is 11.3. The SMILES string of the molecule is Cc1cc(Cl)cc(C(N)=O)c1NC(=O)c1cc(CN(N)/C=C(\N)C(F)(F)C(F)(F)F)nn1-c1ncccc1Cl. The second-order valence-corrected chi connectivity index (χ2v) is 8.88. The van der Waals surface area contributed by atoms with Crippen molar-refractivity contribution >= 4 is 40.7 Å². The molecule has 39 heavy (non-hydrogen) atoms. The van der Waals surface area contributed by atoms with Crippen molar-refractivity contribution in [2.24, 2.45) is 17.3 Å². The van der Waals surface area contributed by atoms with Crippen molar-refractivity contribution in [1.29, 1.82) is 0 Å². The van der Waals surface area contributed by atoms with Crippen LogP contribution in [0.1, 0.15) is 32.1 Å². The number of aromatic nitrogens is 3. The molecule has 3 aromatic rings. The third-order valence-corrected chi connectivity index (χ3v) is 5.62. The van der Waals surface area contributed by atoms with Crippen LogP contribution in [0.4, 0.5) is 27.6 Å². The van der Waals surface area contributed by atoms with Crippen molar-refractivity contribution in [2.45, 2.75) is 25.6 Å². The minimum atomic E-state index is -5.94. The van der Waals surface area contributed by atoms with Gasteiger partial charge in [-0.1, -0.05) is 23.2 Å². The van der Waals surface area contributed by atoms with Gasteiger partial charge in [-0.05, 0) is 42.8 Å². The van der Waals surface area contributed by atoms with Crippen molar-refractivity contribution in [2.75, 3.05) is 5.32 Å². The Morgan fingerprint density at radius 2 is 1.82 bits per heavy atom. The van der Waals surface area contributed by atoms with Crippen molar-refractivity contribution in [3.8, 4) is 5.82 Å². The number of nitrogens with one attached hydrogen (secondary N) is 1. The number of allylic oxidation sites excluding steroid dienone is 1. The first kappa shape index (κ1) is 29.6. The molecule has 0 aliphatic carbocycles. The van der Waals surface area contributed by atoms with Crippen LogP contribution in [0.5, 0.6) is 0 Å². The Bertz CT molecular complexity index is 1460. The third-order valence-electron chi connectivity index (χ3n) is 5.10. The van der Waals surface area contributed by atoms with Gasteiger partial charge in [-0.25, -0.2) is 15.5 Å². The number of carbonyl (C=O) groups excluding carboxylic acids is 2. The average Bonchev–Trinajstić information content (AvgIpc) is 3.23. The number of anilines is 1. The minimum absolute atomic E-state index is 0.0271. The molecule has 2 amide bonds. The molecule has 0 aliphatic heterocycles. The Balaban J connectivity index is 2.02. The number of nitrogens with zero attached hydrogens (tertiary/aromatic N) is 4. The molecule has 0 aliphatic rings. The molecule has 3 rings (SSSR count). The fraction of sp³-hybridized carbons (Fsp3) is 0.182. The molecule has 0 radical (unpaired) electrons. The van der Waals surface area contributed by atoms with E-state index >= 15 is 0 Å². The number of halogens is 7. The van der Waals surface area contributed by atoms with Gasteiger partial charge in [0.25, 0.3) is 11.8 Å². The molecule has 10 nitrogen and oxygen atoms in total. The molecule has 0 spiro atoms. The maximum Gasteiger partial charge on any atom is 0.459 e. The number of amides is 2. The van der Waals surface area contributed by atoms with E-state index in [9.17, 15) is 31.5 Å². The van der Waals surface area contributed by atoms with E-state index in [1.54, 1.807) is 6.92 Å². The lowest BCUT2D eigenvalue weighted by atomic mass is 10.1. The van der Waals surface area contributed by atoms with E-state index in [2.05, 4.69) is 15.4 Å². The van der Waals surface area contributed by atoms with E-state index in [1.807, 2.05) is 0 Å². The number of nitrogens with two attached hydrogens (primary N) is 3. The number of aryl methyl sites for hydroxylation is 1. The van der Waals surface area contributed by atoms with Crippen LogP contribution >= 0.6 is 23.2 Å². The largest absolute Gasteiger partial charge is 0.459 e. The Morgan fingerprint density at radius 1 is 1.15 bits per heavy atom. The fourth-order valence-electron chi connectivity index (χ4n) is 3.30. The lowest BCUT2D eigenvalue weighted by Crippen LogP contribution is -2.42. The van der Waals surface area contributed by atoms with E-state index in [0.29, 0.717) is 10.6 Å². The summed E-state index contributed by atoms with van der Waals surface area (Å²) >= 11 is 12.2. The van der Waals surface area contributed by atoms with Crippen LogP contribution in [-0.4, -0.2) is 43.7 Å². The quantitative estimate of drug-likeness (QED) is 0.175. The topological polar surface area (TPSA) is 158 Å². The number of hydrogen-bond donors (Lipinski definition) is 4. The molecule has 208 valence electrons. The van der Waals surface area contributed by atoms with Gasteiger partial charge in [-0.3, -0.25) is 9.59 Å². The number of hydrazine groups is 1. The summed E-state index contributed by atoms with van der Waals surface area (Å²) in [4.78, 5) is 29.3. The van der Waals surface area contributed by atoms with Crippen molar-refractivity contribution in [3.05, 3.63) is 81.0 Å². The molecule has 7 N–H and O–H groups in total. The maximum absolute atomic E-state index is 13.5. The third kappa shape index (κ3) is 6.38. The van der Waals surface area contributed by atoms with Gasteiger partial charge in [0, 0.05) is 17.4 Å². The normalized spacial score (nSPS) is 12.4. The van der Waals surface area contributed by atoms with Crippen molar-refractivity contribution in [3.63, 3.8) is 0 Å². The Kier molecular flexibility index (Phi) is 8.38. The molecule has 0 atom stereocenters. The number of hydrogen-bond acceptors (Lipinski definition) is 7. The predicted octanol–water partition coefficient (Wildman–Crippen LogP) is 3.91. The summed E-state index contributed by atoms with van der Waals surface area (Å²) in [6.07, 6.45) is -4.41.